The SMILES string of the molecule is CC(C)(C)OC(F)C(=O)NC(CC(=O)O)C(=O)O. The molecule has 2 atom stereocenters. The lowest BCUT2D eigenvalue weighted by Crippen LogP contribution is -2.47. The predicted octanol–water partition coefficient (Wildman–Crippen LogP) is 0.141. The topological polar surface area (TPSA) is 113 Å². The Balaban J connectivity index is 4.50. The van der Waals surface area contributed by atoms with E-state index >= 15 is 0 Å². The highest BCUT2D eigenvalue weighted by Gasteiger charge is 2.29. The number of aliphatic carboxylic acids is 2. The summed E-state index contributed by atoms with van der Waals surface area (Å²) in [5, 5.41) is 18.8. The quantitative estimate of drug-likeness (QED) is 0.629. The molecule has 7 nitrogen and oxygen atoms in total. The molecule has 8 heteroatoms. The van der Waals surface area contributed by atoms with Crippen molar-refractivity contribution in [3.8, 4) is 0 Å². The van der Waals surface area contributed by atoms with Crippen LogP contribution in [0.4, 0.5) is 4.39 Å². The van der Waals surface area contributed by atoms with Gasteiger partial charge in [-0.2, -0.15) is 0 Å². The average Bonchev–Trinajstić information content (AvgIpc) is 2.12. The van der Waals surface area contributed by atoms with Crippen molar-refractivity contribution in [2.24, 2.45) is 0 Å². The summed E-state index contributed by atoms with van der Waals surface area (Å²) in [6.45, 7) is 4.54. The van der Waals surface area contributed by atoms with Gasteiger partial charge in [0.15, 0.2) is 0 Å². The molecule has 0 spiro atoms. The van der Waals surface area contributed by atoms with Crippen LogP contribution in [0.1, 0.15) is 27.2 Å². The Kier molecular flexibility index (Phi) is 5.70. The van der Waals surface area contributed by atoms with Gasteiger partial charge in [0, 0.05) is 0 Å². The second kappa shape index (κ2) is 6.29. The van der Waals surface area contributed by atoms with Crippen LogP contribution in [0.25, 0.3) is 0 Å². The van der Waals surface area contributed by atoms with Crippen LogP contribution in [0, 0.1) is 0 Å². The second-order valence-corrected chi connectivity index (χ2v) is 4.54. The minimum Gasteiger partial charge on any atom is -0.481 e. The third-order valence-corrected chi connectivity index (χ3v) is 1.66. The molecule has 104 valence electrons. The maximum Gasteiger partial charge on any atom is 0.326 e. The number of carbonyl (C=O) groups excluding carboxylic acids is 1. The third-order valence-electron chi connectivity index (χ3n) is 1.66. The van der Waals surface area contributed by atoms with Gasteiger partial charge >= 0.3 is 11.9 Å². The van der Waals surface area contributed by atoms with Gasteiger partial charge in [-0.3, -0.25) is 9.59 Å². The Morgan fingerprint density at radius 1 is 1.28 bits per heavy atom. The van der Waals surface area contributed by atoms with E-state index in [0.29, 0.717) is 0 Å². The van der Waals surface area contributed by atoms with Crippen molar-refractivity contribution in [2.45, 2.75) is 45.2 Å². The summed E-state index contributed by atoms with van der Waals surface area (Å²) in [7, 11) is 0. The highest BCUT2D eigenvalue weighted by Crippen LogP contribution is 2.12. The van der Waals surface area contributed by atoms with Crippen molar-refractivity contribution in [2.75, 3.05) is 0 Å². The summed E-state index contributed by atoms with van der Waals surface area (Å²) in [5.41, 5.74) is -0.928. The van der Waals surface area contributed by atoms with Crippen molar-refractivity contribution >= 4 is 17.8 Å². The Morgan fingerprint density at radius 3 is 2.11 bits per heavy atom. The molecule has 3 N–H and O–H groups in total. The van der Waals surface area contributed by atoms with Gasteiger partial charge in [0.05, 0.1) is 12.0 Å². The lowest BCUT2D eigenvalue weighted by Gasteiger charge is -2.22. The van der Waals surface area contributed by atoms with Gasteiger partial charge in [0.25, 0.3) is 12.3 Å². The first kappa shape index (κ1) is 16.3. The average molecular weight is 265 g/mol. The standard InChI is InChI=1S/C10H16FNO6/c1-10(2,3)18-7(11)8(15)12-5(9(16)17)4-6(13)14/h5,7H,4H2,1-3H3,(H,12,15)(H,13,14)(H,16,17). The summed E-state index contributed by atoms with van der Waals surface area (Å²) in [6.07, 6.45) is -3.20. The zero-order valence-electron chi connectivity index (χ0n) is 10.3. The molecule has 0 aromatic rings. The van der Waals surface area contributed by atoms with Crippen LogP contribution < -0.4 is 5.32 Å². The number of alkyl halides is 1. The number of hydrogen-bond acceptors (Lipinski definition) is 4. The first-order valence-electron chi connectivity index (χ1n) is 5.10. The highest BCUT2D eigenvalue weighted by molar-refractivity contribution is 5.88. The molecule has 0 aliphatic heterocycles. The van der Waals surface area contributed by atoms with Crippen LogP contribution >= 0.6 is 0 Å². The van der Waals surface area contributed by atoms with E-state index in [1.165, 1.54) is 20.8 Å². The van der Waals surface area contributed by atoms with Crippen LogP contribution in [-0.2, 0) is 19.1 Å². The van der Waals surface area contributed by atoms with E-state index in [1.54, 1.807) is 5.32 Å². The van der Waals surface area contributed by atoms with Gasteiger partial charge in [0.1, 0.15) is 6.04 Å². The number of amides is 1. The number of nitrogens with one attached hydrogen (secondary N) is 1. The van der Waals surface area contributed by atoms with Crippen LogP contribution in [0.3, 0.4) is 0 Å². The molecule has 0 bridgehead atoms. The lowest BCUT2D eigenvalue weighted by molar-refractivity contribution is -0.165. The summed E-state index contributed by atoms with van der Waals surface area (Å²) in [6, 6.07) is -1.70. The fourth-order valence-electron chi connectivity index (χ4n) is 0.976. The number of ether oxygens (including phenoxy) is 1. The van der Waals surface area contributed by atoms with Gasteiger partial charge in [-0.25, -0.2) is 9.18 Å². The molecule has 0 saturated heterocycles. The van der Waals surface area contributed by atoms with E-state index in [0.717, 1.165) is 0 Å². The second-order valence-electron chi connectivity index (χ2n) is 4.54. The van der Waals surface area contributed by atoms with Gasteiger partial charge in [-0.05, 0) is 20.8 Å². The van der Waals surface area contributed by atoms with E-state index in [9.17, 15) is 18.8 Å². The minimum atomic E-state index is -2.36. The lowest BCUT2D eigenvalue weighted by atomic mass is 10.2. The number of carbonyl (C=O) groups is 3. The molecule has 1 amide bonds. The number of hydrogen-bond donors (Lipinski definition) is 3. The first-order valence-corrected chi connectivity index (χ1v) is 5.10. The normalized spacial score (nSPS) is 14.7. The number of halogens is 1. The van der Waals surface area contributed by atoms with E-state index in [4.69, 9.17) is 10.2 Å². The van der Waals surface area contributed by atoms with Crippen molar-refractivity contribution in [3.05, 3.63) is 0 Å². The molecule has 0 aromatic heterocycles. The Bertz CT molecular complexity index is 338. The molecule has 0 aliphatic carbocycles. The minimum absolute atomic E-state index is 0.844. The fraction of sp³-hybridized carbons (Fsp3) is 0.700. The summed E-state index contributed by atoms with van der Waals surface area (Å²) < 4.78 is 17.9. The predicted molar refractivity (Wildman–Crippen MR) is 57.6 cm³/mol. The summed E-state index contributed by atoms with van der Waals surface area (Å²) >= 11 is 0. The van der Waals surface area contributed by atoms with Crippen LogP contribution in [0.15, 0.2) is 0 Å². The Hall–Kier alpha value is -1.70. The van der Waals surface area contributed by atoms with E-state index in [-0.39, 0.29) is 0 Å². The molecule has 0 saturated carbocycles. The van der Waals surface area contributed by atoms with Crippen LogP contribution in [0.2, 0.25) is 0 Å². The highest BCUT2D eigenvalue weighted by atomic mass is 19.1. The molecule has 0 radical (unpaired) electrons. The van der Waals surface area contributed by atoms with Gasteiger partial charge in [0.2, 0.25) is 0 Å². The summed E-state index contributed by atoms with van der Waals surface area (Å²) in [5.74, 6) is -4.30. The molecule has 0 aromatic carbocycles. The maximum atomic E-state index is 13.3. The largest absolute Gasteiger partial charge is 0.481 e. The van der Waals surface area contributed by atoms with Crippen molar-refractivity contribution in [1.82, 2.24) is 5.32 Å². The molecule has 0 heterocycles. The molecular weight excluding hydrogens is 249 g/mol. The van der Waals surface area contributed by atoms with Gasteiger partial charge in [-0.1, -0.05) is 0 Å². The molecular formula is C10H16FNO6. The Labute approximate surface area is 103 Å². The Morgan fingerprint density at radius 2 is 1.78 bits per heavy atom. The van der Waals surface area contributed by atoms with Crippen LogP contribution in [0.5, 0.6) is 0 Å². The number of carboxylic acid groups (broad SMARTS) is 2. The summed E-state index contributed by atoms with van der Waals surface area (Å²) in [4.78, 5) is 32.2. The first-order chi connectivity index (χ1) is 8.03. The third kappa shape index (κ3) is 6.79. The van der Waals surface area contributed by atoms with Crippen molar-refractivity contribution in [1.29, 1.82) is 0 Å². The zero-order chi connectivity index (χ0) is 14.5. The fourth-order valence-corrected chi connectivity index (χ4v) is 0.976. The molecule has 2 unspecified atom stereocenters. The molecule has 0 aliphatic rings. The molecule has 0 rings (SSSR count). The molecule has 18 heavy (non-hydrogen) atoms. The monoisotopic (exact) mass is 265 g/mol. The zero-order valence-corrected chi connectivity index (χ0v) is 10.3. The molecule has 0 fully saturated rings. The van der Waals surface area contributed by atoms with E-state index < -0.39 is 42.3 Å². The smallest absolute Gasteiger partial charge is 0.326 e. The maximum absolute atomic E-state index is 13.3. The van der Waals surface area contributed by atoms with Crippen LogP contribution in [-0.4, -0.2) is 46.1 Å². The number of rotatable bonds is 6. The van der Waals surface area contributed by atoms with Gasteiger partial charge in [-0.15, -0.1) is 0 Å². The van der Waals surface area contributed by atoms with Gasteiger partial charge < -0.3 is 20.3 Å². The van der Waals surface area contributed by atoms with E-state index in [1.807, 2.05) is 0 Å². The van der Waals surface area contributed by atoms with Crippen molar-refractivity contribution < 1.29 is 33.7 Å². The van der Waals surface area contributed by atoms with Crippen molar-refractivity contribution in [3.63, 3.8) is 0 Å². The number of carboxylic acids is 2. The van der Waals surface area contributed by atoms with E-state index in [2.05, 4.69) is 4.74 Å².